The van der Waals surface area contributed by atoms with Crippen molar-refractivity contribution in [1.29, 1.82) is 0 Å². The summed E-state index contributed by atoms with van der Waals surface area (Å²) in [4.78, 5) is 13.9. The Labute approximate surface area is 97.6 Å². The van der Waals surface area contributed by atoms with E-state index in [0.717, 1.165) is 32.4 Å². The van der Waals surface area contributed by atoms with E-state index in [9.17, 15) is 4.79 Å². The molecule has 1 aliphatic heterocycles. The summed E-state index contributed by atoms with van der Waals surface area (Å²) in [5.41, 5.74) is 5.81. The molecule has 1 atom stereocenters. The van der Waals surface area contributed by atoms with Gasteiger partial charge in [-0.3, -0.25) is 9.69 Å². The normalized spacial score (nSPS) is 28.2. The molecule has 0 aromatic heterocycles. The fourth-order valence-electron chi connectivity index (χ4n) is 2.73. The van der Waals surface area contributed by atoms with Crippen LogP contribution in [0.3, 0.4) is 0 Å². The van der Waals surface area contributed by atoms with E-state index in [1.165, 1.54) is 19.3 Å². The van der Waals surface area contributed by atoms with Crippen LogP contribution in [0.5, 0.6) is 0 Å². The van der Waals surface area contributed by atoms with Crippen LogP contribution in [0.1, 0.15) is 38.5 Å². The van der Waals surface area contributed by atoms with Crippen LogP contribution in [0, 0.1) is 0 Å². The van der Waals surface area contributed by atoms with Crippen LogP contribution < -0.4 is 11.1 Å². The van der Waals surface area contributed by atoms with E-state index in [1.54, 1.807) is 0 Å². The van der Waals surface area contributed by atoms with Crippen LogP contribution in [0.2, 0.25) is 0 Å². The number of hydrogen-bond acceptors (Lipinski definition) is 3. The highest BCUT2D eigenvalue weighted by Gasteiger charge is 2.22. The summed E-state index contributed by atoms with van der Waals surface area (Å²) in [6.45, 7) is 2.38. The van der Waals surface area contributed by atoms with Crippen molar-refractivity contribution < 1.29 is 4.79 Å². The smallest absolute Gasteiger partial charge is 0.234 e. The number of amides is 1. The molecule has 0 bridgehead atoms. The lowest BCUT2D eigenvalue weighted by atomic mass is 9.95. The monoisotopic (exact) mass is 225 g/mol. The van der Waals surface area contributed by atoms with Crippen LogP contribution in [0.4, 0.5) is 0 Å². The Balaban J connectivity index is 1.67. The second-order valence-corrected chi connectivity index (χ2v) is 5.19. The zero-order valence-corrected chi connectivity index (χ0v) is 9.95. The van der Waals surface area contributed by atoms with Gasteiger partial charge in [0.15, 0.2) is 0 Å². The highest BCUT2D eigenvalue weighted by atomic mass is 16.2. The lowest BCUT2D eigenvalue weighted by molar-refractivity contribution is -0.122. The molecule has 92 valence electrons. The first-order valence-corrected chi connectivity index (χ1v) is 6.51. The molecule has 1 amide bonds. The Morgan fingerprint density at radius 2 is 2.00 bits per heavy atom. The number of nitrogens with zero attached hydrogens (tertiary/aromatic N) is 1. The molecule has 1 saturated heterocycles. The third-order valence-corrected chi connectivity index (χ3v) is 3.65. The molecule has 0 aromatic carbocycles. The first-order valence-electron chi connectivity index (χ1n) is 6.51. The van der Waals surface area contributed by atoms with E-state index in [0.29, 0.717) is 12.6 Å². The SMILES string of the molecule is N[C@H]1CCN(CC(=O)NC2CCCCC2)C1. The Bertz CT molecular complexity index is 230. The maximum atomic E-state index is 11.8. The van der Waals surface area contributed by atoms with E-state index in [-0.39, 0.29) is 11.9 Å². The summed E-state index contributed by atoms with van der Waals surface area (Å²) in [6.07, 6.45) is 7.19. The predicted molar refractivity (Wildman–Crippen MR) is 64.0 cm³/mol. The summed E-state index contributed by atoms with van der Waals surface area (Å²) in [7, 11) is 0. The number of nitrogens with two attached hydrogens (primary N) is 1. The molecular weight excluding hydrogens is 202 g/mol. The fourth-order valence-corrected chi connectivity index (χ4v) is 2.73. The maximum absolute atomic E-state index is 11.8. The lowest BCUT2D eigenvalue weighted by Crippen LogP contribution is -2.42. The second kappa shape index (κ2) is 5.64. The molecule has 4 heteroatoms. The van der Waals surface area contributed by atoms with Gasteiger partial charge in [0.05, 0.1) is 6.54 Å². The summed E-state index contributed by atoms with van der Waals surface area (Å²) >= 11 is 0. The lowest BCUT2D eigenvalue weighted by Gasteiger charge is -2.24. The number of hydrogen-bond donors (Lipinski definition) is 2. The number of rotatable bonds is 3. The number of nitrogens with one attached hydrogen (secondary N) is 1. The molecule has 3 N–H and O–H groups in total. The van der Waals surface area contributed by atoms with Gasteiger partial charge in [0.2, 0.25) is 5.91 Å². The molecule has 1 heterocycles. The molecule has 1 saturated carbocycles. The van der Waals surface area contributed by atoms with Crippen molar-refractivity contribution in [3.8, 4) is 0 Å². The molecule has 0 aromatic rings. The molecule has 4 nitrogen and oxygen atoms in total. The van der Waals surface area contributed by atoms with Crippen molar-refractivity contribution in [2.75, 3.05) is 19.6 Å². The molecule has 0 unspecified atom stereocenters. The first kappa shape index (κ1) is 11.9. The second-order valence-electron chi connectivity index (χ2n) is 5.19. The van der Waals surface area contributed by atoms with Gasteiger partial charge < -0.3 is 11.1 Å². The predicted octanol–water partition coefficient (Wildman–Crippen LogP) is 0.468. The van der Waals surface area contributed by atoms with Crippen molar-refractivity contribution in [2.45, 2.75) is 50.6 Å². The van der Waals surface area contributed by atoms with Crippen molar-refractivity contribution in [3.05, 3.63) is 0 Å². The molecule has 16 heavy (non-hydrogen) atoms. The minimum Gasteiger partial charge on any atom is -0.352 e. The average molecular weight is 225 g/mol. The van der Waals surface area contributed by atoms with Crippen molar-refractivity contribution in [1.82, 2.24) is 10.2 Å². The molecule has 2 aliphatic rings. The van der Waals surface area contributed by atoms with Crippen molar-refractivity contribution in [3.63, 3.8) is 0 Å². The minimum absolute atomic E-state index is 0.181. The highest BCUT2D eigenvalue weighted by molar-refractivity contribution is 5.78. The molecule has 2 rings (SSSR count). The average Bonchev–Trinajstić information content (AvgIpc) is 2.65. The number of carbonyl (C=O) groups excluding carboxylic acids is 1. The van der Waals surface area contributed by atoms with Gasteiger partial charge in [-0.25, -0.2) is 0 Å². The fraction of sp³-hybridized carbons (Fsp3) is 0.917. The van der Waals surface area contributed by atoms with Gasteiger partial charge in [-0.05, 0) is 19.3 Å². The van der Waals surface area contributed by atoms with Gasteiger partial charge in [0.25, 0.3) is 0 Å². The van der Waals surface area contributed by atoms with E-state index in [4.69, 9.17) is 5.73 Å². The topological polar surface area (TPSA) is 58.4 Å². The largest absolute Gasteiger partial charge is 0.352 e. The Kier molecular flexibility index (Phi) is 4.18. The highest BCUT2D eigenvalue weighted by Crippen LogP contribution is 2.17. The summed E-state index contributed by atoms with van der Waals surface area (Å²) < 4.78 is 0. The van der Waals surface area contributed by atoms with Crippen LogP contribution in [-0.4, -0.2) is 42.5 Å². The van der Waals surface area contributed by atoms with E-state index >= 15 is 0 Å². The van der Waals surface area contributed by atoms with E-state index in [1.807, 2.05) is 0 Å². The van der Waals surface area contributed by atoms with Gasteiger partial charge in [-0.15, -0.1) is 0 Å². The third-order valence-electron chi connectivity index (χ3n) is 3.65. The van der Waals surface area contributed by atoms with Crippen LogP contribution >= 0.6 is 0 Å². The Morgan fingerprint density at radius 3 is 2.62 bits per heavy atom. The van der Waals surface area contributed by atoms with Gasteiger partial charge in [-0.1, -0.05) is 19.3 Å². The third kappa shape index (κ3) is 3.46. The Morgan fingerprint density at radius 1 is 1.25 bits per heavy atom. The standard InChI is InChI=1S/C12H23N3O/c13-10-6-7-15(8-10)9-12(16)14-11-4-2-1-3-5-11/h10-11H,1-9,13H2,(H,14,16)/t10-/m0/s1. The van der Waals surface area contributed by atoms with Gasteiger partial charge in [0, 0.05) is 25.2 Å². The van der Waals surface area contributed by atoms with Gasteiger partial charge >= 0.3 is 0 Å². The summed E-state index contributed by atoms with van der Waals surface area (Å²) in [5.74, 6) is 0.181. The van der Waals surface area contributed by atoms with Crippen LogP contribution in [0.15, 0.2) is 0 Å². The summed E-state index contributed by atoms with van der Waals surface area (Å²) in [6, 6.07) is 0.694. The molecule has 2 fully saturated rings. The zero-order chi connectivity index (χ0) is 11.4. The Hall–Kier alpha value is -0.610. The van der Waals surface area contributed by atoms with Crippen molar-refractivity contribution in [2.24, 2.45) is 5.73 Å². The van der Waals surface area contributed by atoms with Gasteiger partial charge in [-0.2, -0.15) is 0 Å². The van der Waals surface area contributed by atoms with Crippen LogP contribution in [0.25, 0.3) is 0 Å². The van der Waals surface area contributed by atoms with E-state index in [2.05, 4.69) is 10.2 Å². The number of carbonyl (C=O) groups is 1. The zero-order valence-electron chi connectivity index (χ0n) is 9.95. The molecule has 0 radical (unpaired) electrons. The minimum atomic E-state index is 0.181. The molecule has 0 spiro atoms. The molecule has 1 aliphatic carbocycles. The van der Waals surface area contributed by atoms with Crippen molar-refractivity contribution >= 4 is 5.91 Å². The maximum Gasteiger partial charge on any atom is 0.234 e. The van der Waals surface area contributed by atoms with Gasteiger partial charge in [0.1, 0.15) is 0 Å². The quantitative estimate of drug-likeness (QED) is 0.734. The molecular formula is C12H23N3O. The van der Waals surface area contributed by atoms with E-state index < -0.39 is 0 Å². The first-order chi connectivity index (χ1) is 7.74. The number of likely N-dealkylation sites (tertiary alicyclic amines) is 1. The summed E-state index contributed by atoms with van der Waals surface area (Å²) in [5, 5.41) is 3.14. The van der Waals surface area contributed by atoms with Crippen LogP contribution in [-0.2, 0) is 4.79 Å².